The molecule has 0 unspecified atom stereocenters. The maximum atomic E-state index is 12.9. The van der Waals surface area contributed by atoms with Crippen molar-refractivity contribution in [2.75, 3.05) is 11.9 Å². The minimum absolute atomic E-state index is 0.206. The van der Waals surface area contributed by atoms with Gasteiger partial charge in [0.25, 0.3) is 5.91 Å². The number of rotatable bonds is 4. The van der Waals surface area contributed by atoms with Gasteiger partial charge in [0.1, 0.15) is 17.4 Å². The van der Waals surface area contributed by atoms with Crippen LogP contribution in [0.25, 0.3) is 0 Å². The number of anilines is 1. The Kier molecular flexibility index (Phi) is 4.30. The van der Waals surface area contributed by atoms with Crippen molar-refractivity contribution in [3.63, 3.8) is 0 Å². The second-order valence-electron chi connectivity index (χ2n) is 4.25. The van der Waals surface area contributed by atoms with E-state index in [4.69, 9.17) is 4.74 Å². The van der Waals surface area contributed by atoms with Crippen molar-refractivity contribution < 1.29 is 18.3 Å². The predicted molar refractivity (Wildman–Crippen MR) is 71.7 cm³/mol. The molecule has 0 atom stereocenters. The second kappa shape index (κ2) is 6.14. The number of ether oxygens (including phenoxy) is 1. The SMILES string of the molecule is Cc1cc(F)ccc1NC(=O)COc1ccc(F)cc1. The van der Waals surface area contributed by atoms with Crippen LogP contribution >= 0.6 is 0 Å². The van der Waals surface area contributed by atoms with E-state index in [0.29, 0.717) is 17.0 Å². The molecule has 5 heteroatoms. The summed E-state index contributed by atoms with van der Waals surface area (Å²) in [6.45, 7) is 1.49. The van der Waals surface area contributed by atoms with Crippen molar-refractivity contribution >= 4 is 11.6 Å². The fourth-order valence-corrected chi connectivity index (χ4v) is 1.63. The Labute approximate surface area is 115 Å². The molecule has 0 heterocycles. The lowest BCUT2D eigenvalue weighted by Gasteiger charge is -2.09. The molecule has 0 aliphatic rings. The first-order valence-electron chi connectivity index (χ1n) is 5.99. The van der Waals surface area contributed by atoms with Gasteiger partial charge in [-0.1, -0.05) is 0 Å². The van der Waals surface area contributed by atoms with Crippen LogP contribution in [0.3, 0.4) is 0 Å². The zero-order valence-electron chi connectivity index (χ0n) is 10.8. The number of halogens is 2. The van der Waals surface area contributed by atoms with Crippen molar-refractivity contribution in [2.45, 2.75) is 6.92 Å². The van der Waals surface area contributed by atoms with E-state index in [1.807, 2.05) is 0 Å². The van der Waals surface area contributed by atoms with E-state index in [1.54, 1.807) is 6.92 Å². The van der Waals surface area contributed by atoms with Crippen LogP contribution in [0.5, 0.6) is 5.75 Å². The lowest BCUT2D eigenvalue weighted by atomic mass is 10.2. The molecule has 1 amide bonds. The van der Waals surface area contributed by atoms with Crippen molar-refractivity contribution in [1.29, 1.82) is 0 Å². The second-order valence-corrected chi connectivity index (χ2v) is 4.25. The highest BCUT2D eigenvalue weighted by Gasteiger charge is 2.06. The molecule has 2 rings (SSSR count). The molecule has 0 aliphatic carbocycles. The summed E-state index contributed by atoms with van der Waals surface area (Å²) in [5.41, 5.74) is 1.15. The Morgan fingerprint density at radius 3 is 2.40 bits per heavy atom. The Hall–Kier alpha value is -2.43. The molecule has 0 spiro atoms. The summed E-state index contributed by atoms with van der Waals surface area (Å²) in [6.07, 6.45) is 0. The molecule has 0 fully saturated rings. The Morgan fingerprint density at radius 1 is 1.10 bits per heavy atom. The van der Waals surface area contributed by atoms with Crippen LogP contribution in [0, 0.1) is 18.6 Å². The first kappa shape index (κ1) is 14.0. The molecule has 0 saturated heterocycles. The smallest absolute Gasteiger partial charge is 0.262 e. The van der Waals surface area contributed by atoms with Gasteiger partial charge in [0, 0.05) is 5.69 Å². The van der Waals surface area contributed by atoms with E-state index in [-0.39, 0.29) is 24.1 Å². The molecule has 0 saturated carbocycles. The Morgan fingerprint density at radius 2 is 1.75 bits per heavy atom. The lowest BCUT2D eigenvalue weighted by Crippen LogP contribution is -2.20. The molecule has 0 aromatic heterocycles. The Balaban J connectivity index is 1.90. The van der Waals surface area contributed by atoms with E-state index in [9.17, 15) is 13.6 Å². The average molecular weight is 277 g/mol. The van der Waals surface area contributed by atoms with Crippen LogP contribution in [0.15, 0.2) is 42.5 Å². The third kappa shape index (κ3) is 3.78. The molecule has 3 nitrogen and oxygen atoms in total. The topological polar surface area (TPSA) is 38.3 Å². The molecular formula is C15H13F2NO2. The van der Waals surface area contributed by atoms with Crippen molar-refractivity contribution in [3.8, 4) is 5.75 Å². The van der Waals surface area contributed by atoms with E-state index in [2.05, 4.69) is 5.32 Å². The zero-order valence-corrected chi connectivity index (χ0v) is 10.8. The van der Waals surface area contributed by atoms with E-state index in [0.717, 1.165) is 0 Å². The van der Waals surface area contributed by atoms with Crippen LogP contribution in [0.4, 0.5) is 14.5 Å². The number of nitrogens with one attached hydrogen (secondary N) is 1. The average Bonchev–Trinajstić information content (AvgIpc) is 2.41. The maximum Gasteiger partial charge on any atom is 0.262 e. The number of hydrogen-bond donors (Lipinski definition) is 1. The maximum absolute atomic E-state index is 12.9. The minimum Gasteiger partial charge on any atom is -0.484 e. The van der Waals surface area contributed by atoms with Crippen LogP contribution < -0.4 is 10.1 Å². The number of carbonyl (C=O) groups excluding carboxylic acids is 1. The van der Waals surface area contributed by atoms with Crippen molar-refractivity contribution in [3.05, 3.63) is 59.7 Å². The molecule has 1 N–H and O–H groups in total. The number of carbonyl (C=O) groups is 1. The summed E-state index contributed by atoms with van der Waals surface area (Å²) in [6, 6.07) is 9.45. The van der Waals surface area contributed by atoms with Gasteiger partial charge in [0.2, 0.25) is 0 Å². The summed E-state index contributed by atoms with van der Waals surface area (Å²) in [7, 11) is 0. The van der Waals surface area contributed by atoms with Gasteiger partial charge < -0.3 is 10.1 Å². The molecule has 20 heavy (non-hydrogen) atoms. The Bertz CT molecular complexity index is 612. The summed E-state index contributed by atoms with van der Waals surface area (Å²) in [5, 5.41) is 2.61. The van der Waals surface area contributed by atoms with Crippen molar-refractivity contribution in [2.24, 2.45) is 0 Å². The molecule has 0 radical (unpaired) electrons. The highest BCUT2D eigenvalue weighted by molar-refractivity contribution is 5.92. The highest BCUT2D eigenvalue weighted by atomic mass is 19.1. The number of aryl methyl sites for hydroxylation is 1. The van der Waals surface area contributed by atoms with Gasteiger partial charge in [0.05, 0.1) is 0 Å². The largest absolute Gasteiger partial charge is 0.484 e. The summed E-state index contributed by atoms with van der Waals surface area (Å²) < 4.78 is 30.8. The predicted octanol–water partition coefficient (Wildman–Crippen LogP) is 3.29. The first-order chi connectivity index (χ1) is 9.54. The van der Waals surface area contributed by atoms with Crippen LogP contribution in [0.2, 0.25) is 0 Å². The minimum atomic E-state index is -0.372. The highest BCUT2D eigenvalue weighted by Crippen LogP contribution is 2.16. The lowest BCUT2D eigenvalue weighted by molar-refractivity contribution is -0.118. The van der Waals surface area contributed by atoms with E-state index < -0.39 is 0 Å². The zero-order chi connectivity index (χ0) is 14.5. The standard InChI is InChI=1S/C15H13F2NO2/c1-10-8-12(17)4-7-14(10)18-15(19)9-20-13-5-2-11(16)3-6-13/h2-8H,9H2,1H3,(H,18,19). The summed E-state index contributed by atoms with van der Waals surface area (Å²) in [4.78, 5) is 11.7. The first-order valence-corrected chi connectivity index (χ1v) is 5.99. The van der Waals surface area contributed by atoms with Gasteiger partial charge in [-0.05, 0) is 55.0 Å². The van der Waals surface area contributed by atoms with Crippen LogP contribution in [0.1, 0.15) is 5.56 Å². The van der Waals surface area contributed by atoms with Gasteiger partial charge in [0.15, 0.2) is 6.61 Å². The molecule has 0 bridgehead atoms. The van der Waals surface area contributed by atoms with Crippen LogP contribution in [-0.4, -0.2) is 12.5 Å². The van der Waals surface area contributed by atoms with Gasteiger partial charge >= 0.3 is 0 Å². The molecule has 2 aromatic rings. The molecular weight excluding hydrogens is 264 g/mol. The van der Waals surface area contributed by atoms with Gasteiger partial charge in [-0.2, -0.15) is 0 Å². The molecule has 2 aromatic carbocycles. The van der Waals surface area contributed by atoms with Gasteiger partial charge in [-0.15, -0.1) is 0 Å². The third-order valence-electron chi connectivity index (χ3n) is 2.65. The normalized spacial score (nSPS) is 10.2. The number of benzene rings is 2. The fraction of sp³-hybridized carbons (Fsp3) is 0.133. The number of hydrogen-bond acceptors (Lipinski definition) is 2. The van der Waals surface area contributed by atoms with Gasteiger partial charge in [-0.3, -0.25) is 4.79 Å². The quantitative estimate of drug-likeness (QED) is 0.931. The monoisotopic (exact) mass is 277 g/mol. The fourth-order valence-electron chi connectivity index (χ4n) is 1.63. The van der Waals surface area contributed by atoms with Crippen LogP contribution in [-0.2, 0) is 4.79 Å². The summed E-state index contributed by atoms with van der Waals surface area (Å²) in [5.74, 6) is -0.701. The van der Waals surface area contributed by atoms with E-state index >= 15 is 0 Å². The molecule has 104 valence electrons. The molecule has 0 aliphatic heterocycles. The summed E-state index contributed by atoms with van der Waals surface area (Å²) >= 11 is 0. The number of amides is 1. The van der Waals surface area contributed by atoms with E-state index in [1.165, 1.54) is 42.5 Å². The van der Waals surface area contributed by atoms with Crippen molar-refractivity contribution in [1.82, 2.24) is 0 Å². The third-order valence-corrected chi connectivity index (χ3v) is 2.65. The van der Waals surface area contributed by atoms with Gasteiger partial charge in [-0.25, -0.2) is 8.78 Å².